The van der Waals surface area contributed by atoms with E-state index in [0.717, 1.165) is 0 Å². The molecule has 6 heteroatoms. The normalized spacial score (nSPS) is 12.5. The van der Waals surface area contributed by atoms with E-state index in [2.05, 4.69) is 0 Å². The summed E-state index contributed by atoms with van der Waals surface area (Å²) in [7, 11) is 0. The van der Waals surface area contributed by atoms with Crippen molar-refractivity contribution in [3.05, 3.63) is 35.1 Å². The molecule has 0 aliphatic carbocycles. The number of carboxylic acid groups (broad SMARTS) is 1. The molecule has 0 heterocycles. The molecule has 0 saturated heterocycles. The van der Waals surface area contributed by atoms with E-state index in [9.17, 15) is 18.0 Å². The highest BCUT2D eigenvalue weighted by molar-refractivity contribution is 5.67. The highest BCUT2D eigenvalue weighted by Gasteiger charge is 2.21. The number of rotatable bonds is 3. The fourth-order valence-corrected chi connectivity index (χ4v) is 1.14. The third-order valence-electron chi connectivity index (χ3n) is 1.75. The van der Waals surface area contributed by atoms with Gasteiger partial charge < -0.3 is 10.2 Å². The summed E-state index contributed by atoms with van der Waals surface area (Å²) >= 11 is 0. The first-order valence-electron chi connectivity index (χ1n) is 3.96. The van der Waals surface area contributed by atoms with Crippen LogP contribution in [0.25, 0.3) is 0 Å². The SMILES string of the molecule is O=C(O)C[C@@H](O)c1c(F)cc(F)cc1F. The minimum absolute atomic E-state index is 0.378. The summed E-state index contributed by atoms with van der Waals surface area (Å²) in [5.74, 6) is -5.15. The Morgan fingerprint density at radius 3 is 2.13 bits per heavy atom. The number of aliphatic carboxylic acids is 1. The average molecular weight is 220 g/mol. The molecule has 0 bridgehead atoms. The summed E-state index contributed by atoms with van der Waals surface area (Å²) in [5, 5.41) is 17.5. The molecule has 1 aromatic rings. The van der Waals surface area contributed by atoms with Crippen LogP contribution in [0.2, 0.25) is 0 Å². The van der Waals surface area contributed by atoms with Gasteiger partial charge in [-0.25, -0.2) is 13.2 Å². The van der Waals surface area contributed by atoms with E-state index >= 15 is 0 Å². The van der Waals surface area contributed by atoms with Gasteiger partial charge in [0.2, 0.25) is 0 Å². The molecular weight excluding hydrogens is 213 g/mol. The van der Waals surface area contributed by atoms with Gasteiger partial charge in [0.25, 0.3) is 0 Å². The van der Waals surface area contributed by atoms with Crippen LogP contribution in [0.15, 0.2) is 12.1 Å². The number of aliphatic hydroxyl groups is 1. The van der Waals surface area contributed by atoms with Crippen molar-refractivity contribution in [2.24, 2.45) is 0 Å². The maximum atomic E-state index is 13.0. The number of aliphatic hydroxyl groups excluding tert-OH is 1. The Labute approximate surface area is 82.8 Å². The van der Waals surface area contributed by atoms with Crippen LogP contribution < -0.4 is 0 Å². The van der Waals surface area contributed by atoms with E-state index in [-0.39, 0.29) is 0 Å². The first kappa shape index (κ1) is 11.5. The van der Waals surface area contributed by atoms with Crippen molar-refractivity contribution in [1.82, 2.24) is 0 Å². The predicted octanol–water partition coefficient (Wildman–Crippen LogP) is 1.61. The minimum atomic E-state index is -1.83. The van der Waals surface area contributed by atoms with Crippen molar-refractivity contribution in [2.75, 3.05) is 0 Å². The quantitative estimate of drug-likeness (QED) is 0.813. The molecule has 0 aliphatic rings. The van der Waals surface area contributed by atoms with Gasteiger partial charge in [-0.15, -0.1) is 0 Å². The Morgan fingerprint density at radius 2 is 1.73 bits per heavy atom. The van der Waals surface area contributed by atoms with E-state index in [0.29, 0.717) is 12.1 Å². The van der Waals surface area contributed by atoms with E-state index in [1.54, 1.807) is 0 Å². The van der Waals surface area contributed by atoms with Gasteiger partial charge in [-0.3, -0.25) is 4.79 Å². The highest BCUT2D eigenvalue weighted by Crippen LogP contribution is 2.24. The van der Waals surface area contributed by atoms with Gasteiger partial charge in [-0.1, -0.05) is 0 Å². The molecule has 0 aliphatic heterocycles. The number of carboxylic acids is 1. The lowest BCUT2D eigenvalue weighted by atomic mass is 10.1. The molecule has 0 spiro atoms. The first-order chi connectivity index (χ1) is 6.91. The van der Waals surface area contributed by atoms with E-state index in [1.807, 2.05) is 0 Å². The summed E-state index contributed by atoms with van der Waals surface area (Å²) in [6.45, 7) is 0. The lowest BCUT2D eigenvalue weighted by Crippen LogP contribution is -2.09. The van der Waals surface area contributed by atoms with Crippen LogP contribution >= 0.6 is 0 Å². The monoisotopic (exact) mass is 220 g/mol. The van der Waals surface area contributed by atoms with E-state index < -0.39 is 41.5 Å². The molecule has 1 aromatic carbocycles. The van der Waals surface area contributed by atoms with Gasteiger partial charge in [-0.05, 0) is 0 Å². The molecule has 0 amide bonds. The van der Waals surface area contributed by atoms with Gasteiger partial charge in [0, 0.05) is 12.1 Å². The van der Waals surface area contributed by atoms with Crippen molar-refractivity contribution in [2.45, 2.75) is 12.5 Å². The zero-order chi connectivity index (χ0) is 11.6. The van der Waals surface area contributed by atoms with Gasteiger partial charge in [-0.2, -0.15) is 0 Å². The van der Waals surface area contributed by atoms with E-state index in [1.165, 1.54) is 0 Å². The Hall–Kier alpha value is -1.56. The second-order valence-corrected chi connectivity index (χ2v) is 2.90. The van der Waals surface area contributed by atoms with Gasteiger partial charge in [0.1, 0.15) is 17.5 Å². The number of carbonyl (C=O) groups is 1. The molecule has 0 aromatic heterocycles. The van der Waals surface area contributed by atoms with Crippen LogP contribution in [0.5, 0.6) is 0 Å². The maximum absolute atomic E-state index is 13.0. The van der Waals surface area contributed by atoms with Crippen LogP contribution in [0.4, 0.5) is 13.2 Å². The Bertz CT molecular complexity index is 369. The summed E-state index contributed by atoms with van der Waals surface area (Å²) < 4.78 is 38.4. The maximum Gasteiger partial charge on any atom is 0.306 e. The Morgan fingerprint density at radius 1 is 1.27 bits per heavy atom. The molecule has 1 rings (SSSR count). The smallest absolute Gasteiger partial charge is 0.306 e. The molecular formula is C9H7F3O3. The zero-order valence-corrected chi connectivity index (χ0v) is 7.38. The van der Waals surface area contributed by atoms with Gasteiger partial charge in [0.05, 0.1) is 18.1 Å². The molecule has 15 heavy (non-hydrogen) atoms. The van der Waals surface area contributed by atoms with Crippen molar-refractivity contribution in [1.29, 1.82) is 0 Å². The van der Waals surface area contributed by atoms with Crippen molar-refractivity contribution in [3.63, 3.8) is 0 Å². The highest BCUT2D eigenvalue weighted by atomic mass is 19.1. The van der Waals surface area contributed by atoms with Crippen LogP contribution in [-0.2, 0) is 4.79 Å². The molecule has 82 valence electrons. The molecule has 0 saturated carbocycles. The topological polar surface area (TPSA) is 57.5 Å². The van der Waals surface area contributed by atoms with Crippen LogP contribution in [0, 0.1) is 17.5 Å². The second-order valence-electron chi connectivity index (χ2n) is 2.90. The fraction of sp³-hybridized carbons (Fsp3) is 0.222. The first-order valence-corrected chi connectivity index (χ1v) is 3.96. The lowest BCUT2D eigenvalue weighted by Gasteiger charge is -2.10. The zero-order valence-electron chi connectivity index (χ0n) is 7.38. The third-order valence-corrected chi connectivity index (χ3v) is 1.75. The molecule has 2 N–H and O–H groups in total. The molecule has 0 unspecified atom stereocenters. The Kier molecular flexibility index (Phi) is 3.31. The number of benzene rings is 1. The van der Waals surface area contributed by atoms with Crippen molar-refractivity contribution < 1.29 is 28.2 Å². The second kappa shape index (κ2) is 4.31. The average Bonchev–Trinajstić information content (AvgIpc) is 1.99. The number of hydrogen-bond donors (Lipinski definition) is 2. The minimum Gasteiger partial charge on any atom is -0.481 e. The summed E-state index contributed by atoms with van der Waals surface area (Å²) in [5.41, 5.74) is -0.834. The largest absolute Gasteiger partial charge is 0.481 e. The number of halogens is 3. The van der Waals surface area contributed by atoms with Crippen LogP contribution in [0.1, 0.15) is 18.1 Å². The standard InChI is InChI=1S/C9H7F3O3/c10-4-1-5(11)9(6(12)2-4)7(13)3-8(14)15/h1-2,7,13H,3H2,(H,14,15)/t7-/m1/s1. The third kappa shape index (κ3) is 2.69. The fourth-order valence-electron chi connectivity index (χ4n) is 1.14. The molecule has 0 radical (unpaired) electrons. The summed E-state index contributed by atoms with van der Waals surface area (Å²) in [6.07, 6.45) is -2.68. The summed E-state index contributed by atoms with van der Waals surface area (Å²) in [6, 6.07) is 0.757. The van der Waals surface area contributed by atoms with Crippen LogP contribution in [0.3, 0.4) is 0 Å². The van der Waals surface area contributed by atoms with E-state index in [4.69, 9.17) is 10.2 Å². The number of hydrogen-bond acceptors (Lipinski definition) is 2. The Balaban J connectivity index is 3.08. The molecule has 1 atom stereocenters. The van der Waals surface area contributed by atoms with Crippen molar-refractivity contribution in [3.8, 4) is 0 Å². The lowest BCUT2D eigenvalue weighted by molar-refractivity contribution is -0.139. The molecule has 3 nitrogen and oxygen atoms in total. The summed E-state index contributed by atoms with van der Waals surface area (Å²) in [4.78, 5) is 10.2. The van der Waals surface area contributed by atoms with Crippen LogP contribution in [-0.4, -0.2) is 16.2 Å². The molecule has 0 fully saturated rings. The van der Waals surface area contributed by atoms with Gasteiger partial charge in [0.15, 0.2) is 0 Å². The van der Waals surface area contributed by atoms with Crippen molar-refractivity contribution >= 4 is 5.97 Å². The predicted molar refractivity (Wildman–Crippen MR) is 43.5 cm³/mol. The van der Waals surface area contributed by atoms with Gasteiger partial charge >= 0.3 is 5.97 Å².